The average Bonchev–Trinajstić information content (AvgIpc) is 2.85. The number of nitrogens with zero attached hydrogens (tertiary/aromatic N) is 2. The highest BCUT2D eigenvalue weighted by atomic mass is 32.2. The number of hydrogen-bond donors (Lipinski definition) is 0. The van der Waals surface area contributed by atoms with Gasteiger partial charge in [0.05, 0.1) is 0 Å². The van der Waals surface area contributed by atoms with Crippen molar-refractivity contribution in [3.05, 3.63) is 0 Å². The second-order valence-corrected chi connectivity index (χ2v) is 7.30. The summed E-state index contributed by atoms with van der Waals surface area (Å²) in [5, 5.41) is 0. The predicted octanol–water partition coefficient (Wildman–Crippen LogP) is 0.121. The zero-order valence-corrected chi connectivity index (χ0v) is 11.9. The monoisotopic (exact) mass is 284 g/mol. The van der Waals surface area contributed by atoms with Gasteiger partial charge in [-0.25, -0.2) is 0 Å². The first-order chi connectivity index (χ1) is 9.16. The lowest BCUT2D eigenvalue weighted by Gasteiger charge is -2.34. The van der Waals surface area contributed by atoms with Crippen molar-refractivity contribution in [3.8, 4) is 0 Å². The highest BCUT2D eigenvalue weighted by molar-refractivity contribution is 7.85. The molecule has 3 fully saturated rings. The van der Waals surface area contributed by atoms with Gasteiger partial charge in [0.15, 0.2) is 0 Å². The van der Waals surface area contributed by atoms with Crippen LogP contribution in [0.25, 0.3) is 0 Å². The Morgan fingerprint density at radius 3 is 2.47 bits per heavy atom. The van der Waals surface area contributed by atoms with E-state index in [0.29, 0.717) is 24.5 Å². The Morgan fingerprint density at radius 1 is 1.00 bits per heavy atom. The van der Waals surface area contributed by atoms with Crippen LogP contribution in [0.1, 0.15) is 32.1 Å². The van der Waals surface area contributed by atoms with Crippen LogP contribution in [-0.2, 0) is 20.4 Å². The molecule has 0 radical (unpaired) electrons. The number of rotatable bonds is 1. The smallest absolute Gasteiger partial charge is 0.245 e. The Labute approximate surface area is 115 Å². The third-order valence-electron chi connectivity index (χ3n) is 4.51. The molecule has 6 heteroatoms. The van der Waals surface area contributed by atoms with E-state index in [-0.39, 0.29) is 23.9 Å². The van der Waals surface area contributed by atoms with Gasteiger partial charge in [-0.05, 0) is 25.7 Å². The summed E-state index contributed by atoms with van der Waals surface area (Å²) < 4.78 is 11.4. The molecule has 1 unspecified atom stereocenters. The largest absolute Gasteiger partial charge is 0.337 e. The van der Waals surface area contributed by atoms with E-state index in [2.05, 4.69) is 0 Å². The van der Waals surface area contributed by atoms with Gasteiger partial charge in [-0.1, -0.05) is 0 Å². The second-order valence-electron chi connectivity index (χ2n) is 5.61. The summed E-state index contributed by atoms with van der Waals surface area (Å²) in [6.07, 6.45) is 3.82. The number of amides is 2. The van der Waals surface area contributed by atoms with Gasteiger partial charge in [0.25, 0.3) is 0 Å². The van der Waals surface area contributed by atoms with Crippen molar-refractivity contribution in [2.75, 3.05) is 24.6 Å². The standard InChI is InChI=1S/C13H20N2O3S/c16-12-3-7-14(10-4-8-19(18)9-5-10)13(17)11-2-1-6-15(11)12/h10-11H,1-9H2. The normalized spacial score (nSPS) is 36.3. The van der Waals surface area contributed by atoms with Gasteiger partial charge < -0.3 is 9.80 Å². The van der Waals surface area contributed by atoms with Crippen LogP contribution in [0.5, 0.6) is 0 Å². The molecule has 0 spiro atoms. The Balaban J connectivity index is 1.76. The molecule has 3 aliphatic heterocycles. The molecule has 1 atom stereocenters. The summed E-state index contributed by atoms with van der Waals surface area (Å²) in [7, 11) is -0.708. The van der Waals surface area contributed by atoms with Crippen LogP contribution in [0.15, 0.2) is 0 Å². The maximum atomic E-state index is 12.6. The van der Waals surface area contributed by atoms with Gasteiger partial charge in [-0.2, -0.15) is 0 Å². The lowest BCUT2D eigenvalue weighted by atomic mass is 10.1. The molecule has 3 heterocycles. The maximum Gasteiger partial charge on any atom is 0.245 e. The van der Waals surface area contributed by atoms with Crippen molar-refractivity contribution in [3.63, 3.8) is 0 Å². The Hall–Kier alpha value is -0.910. The Kier molecular flexibility index (Phi) is 3.60. The van der Waals surface area contributed by atoms with Crippen molar-refractivity contribution in [1.29, 1.82) is 0 Å². The summed E-state index contributed by atoms with van der Waals surface area (Å²) in [4.78, 5) is 28.3. The van der Waals surface area contributed by atoms with Gasteiger partial charge in [-0.15, -0.1) is 0 Å². The van der Waals surface area contributed by atoms with Crippen molar-refractivity contribution < 1.29 is 13.8 Å². The fraction of sp³-hybridized carbons (Fsp3) is 0.846. The minimum Gasteiger partial charge on any atom is -0.337 e. The zero-order chi connectivity index (χ0) is 13.4. The number of fused-ring (bicyclic) bond motifs is 1. The van der Waals surface area contributed by atoms with E-state index >= 15 is 0 Å². The fourth-order valence-electron chi connectivity index (χ4n) is 3.44. The molecule has 0 aliphatic carbocycles. The topological polar surface area (TPSA) is 57.7 Å². The molecule has 0 N–H and O–H groups in total. The molecular weight excluding hydrogens is 264 g/mol. The third kappa shape index (κ3) is 2.42. The molecule has 0 bridgehead atoms. The lowest BCUT2D eigenvalue weighted by Crippen LogP contribution is -2.49. The van der Waals surface area contributed by atoms with Crippen molar-refractivity contribution in [1.82, 2.24) is 9.80 Å². The predicted molar refractivity (Wildman–Crippen MR) is 72.0 cm³/mol. The van der Waals surface area contributed by atoms with Crippen LogP contribution < -0.4 is 0 Å². The zero-order valence-electron chi connectivity index (χ0n) is 11.0. The molecule has 0 aromatic heterocycles. The van der Waals surface area contributed by atoms with E-state index in [1.54, 1.807) is 4.90 Å². The van der Waals surface area contributed by atoms with Crippen LogP contribution in [0.2, 0.25) is 0 Å². The maximum absolute atomic E-state index is 12.6. The van der Waals surface area contributed by atoms with Gasteiger partial charge >= 0.3 is 0 Å². The molecule has 2 amide bonds. The SMILES string of the molecule is O=C1C2CCCN2C(=O)CCN1C1CCS(=O)CC1. The van der Waals surface area contributed by atoms with Crippen LogP contribution in [0.4, 0.5) is 0 Å². The van der Waals surface area contributed by atoms with Gasteiger partial charge in [0.2, 0.25) is 11.8 Å². The fourth-order valence-corrected chi connectivity index (χ4v) is 4.71. The van der Waals surface area contributed by atoms with Gasteiger partial charge in [0.1, 0.15) is 6.04 Å². The van der Waals surface area contributed by atoms with E-state index in [1.165, 1.54) is 0 Å². The number of carbonyl (C=O) groups is 2. The second kappa shape index (κ2) is 5.23. The first-order valence-electron chi connectivity index (χ1n) is 7.12. The first kappa shape index (κ1) is 13.1. The highest BCUT2D eigenvalue weighted by Gasteiger charge is 2.41. The van der Waals surface area contributed by atoms with Crippen LogP contribution in [0.3, 0.4) is 0 Å². The third-order valence-corrected chi connectivity index (χ3v) is 5.89. The first-order valence-corrected chi connectivity index (χ1v) is 8.60. The van der Waals surface area contributed by atoms with Crippen molar-refractivity contribution in [2.45, 2.75) is 44.2 Å². The number of carbonyl (C=O) groups excluding carboxylic acids is 2. The average molecular weight is 284 g/mol. The quantitative estimate of drug-likeness (QED) is 0.687. The van der Waals surface area contributed by atoms with Gasteiger partial charge in [-0.3, -0.25) is 13.8 Å². The Morgan fingerprint density at radius 2 is 1.74 bits per heavy atom. The molecule has 5 nitrogen and oxygen atoms in total. The van der Waals surface area contributed by atoms with Gasteiger partial charge in [0, 0.05) is 47.9 Å². The highest BCUT2D eigenvalue weighted by Crippen LogP contribution is 2.27. The molecule has 0 aromatic carbocycles. The van der Waals surface area contributed by atoms with E-state index in [0.717, 1.165) is 32.2 Å². The van der Waals surface area contributed by atoms with E-state index < -0.39 is 10.8 Å². The molecule has 3 saturated heterocycles. The molecule has 19 heavy (non-hydrogen) atoms. The molecule has 0 saturated carbocycles. The molecular formula is C13H20N2O3S. The van der Waals surface area contributed by atoms with Crippen LogP contribution >= 0.6 is 0 Å². The van der Waals surface area contributed by atoms with Crippen LogP contribution in [-0.4, -0.2) is 62.5 Å². The Bertz CT molecular complexity index is 416. The van der Waals surface area contributed by atoms with E-state index in [1.807, 2.05) is 4.90 Å². The molecule has 3 aliphatic rings. The van der Waals surface area contributed by atoms with Crippen LogP contribution in [0, 0.1) is 0 Å². The lowest BCUT2D eigenvalue weighted by molar-refractivity contribution is -0.140. The van der Waals surface area contributed by atoms with E-state index in [4.69, 9.17) is 0 Å². The molecule has 106 valence electrons. The minimum absolute atomic E-state index is 0.123. The van der Waals surface area contributed by atoms with Crippen molar-refractivity contribution >= 4 is 22.6 Å². The number of hydrogen-bond acceptors (Lipinski definition) is 3. The molecule has 0 aromatic rings. The summed E-state index contributed by atoms with van der Waals surface area (Å²) >= 11 is 0. The summed E-state index contributed by atoms with van der Waals surface area (Å²) in [6.45, 7) is 1.28. The minimum atomic E-state index is -0.708. The van der Waals surface area contributed by atoms with Crippen molar-refractivity contribution in [2.24, 2.45) is 0 Å². The summed E-state index contributed by atoms with van der Waals surface area (Å²) in [5.74, 6) is 1.63. The summed E-state index contributed by atoms with van der Waals surface area (Å²) in [5.41, 5.74) is 0. The van der Waals surface area contributed by atoms with E-state index in [9.17, 15) is 13.8 Å². The summed E-state index contributed by atoms with van der Waals surface area (Å²) in [6, 6.07) is -0.0269. The molecule has 3 rings (SSSR count).